The molecule has 0 amide bonds. The Bertz CT molecular complexity index is 4590. The van der Waals surface area contributed by atoms with Gasteiger partial charge in [0.05, 0.1) is 16.9 Å². The average Bonchev–Trinajstić information content (AvgIpc) is 1.06. The second-order valence-corrected chi connectivity index (χ2v) is 33.8. The first-order chi connectivity index (χ1) is 42.0. The van der Waals surface area contributed by atoms with Crippen LogP contribution in [0.1, 0.15) is 175 Å². The van der Waals surface area contributed by atoms with E-state index in [-0.39, 0.29) is 44.7 Å². The number of fused-ring (bicyclic) bond motifs is 15. The Balaban J connectivity index is 1.03. The maximum Gasteiger partial charge on any atom is 0.252 e. The number of nitrogens with zero attached hydrogens (tertiary/aromatic N) is 3. The topological polar surface area (TPSA) is 9.72 Å². The van der Waals surface area contributed by atoms with E-state index in [0.717, 1.165) is 38.5 Å². The van der Waals surface area contributed by atoms with Crippen molar-refractivity contribution in [2.45, 2.75) is 179 Å². The largest absolute Gasteiger partial charge is 0.334 e. The Kier molecular flexibility index (Phi) is 11.4. The molecule has 1 fully saturated rings. The van der Waals surface area contributed by atoms with E-state index in [0.29, 0.717) is 0 Å². The van der Waals surface area contributed by atoms with Crippen LogP contribution >= 0.6 is 22.7 Å². The van der Waals surface area contributed by atoms with Gasteiger partial charge in [0.1, 0.15) is 0 Å². The highest BCUT2D eigenvalue weighted by molar-refractivity contribution is 7.26. The van der Waals surface area contributed by atoms with Crippen molar-refractivity contribution in [3.05, 3.63) is 197 Å². The fraction of sp³-hybridized carbons (Fsp3) is 0.341. The molecule has 2 atom stereocenters. The fourth-order valence-electron chi connectivity index (χ4n) is 18.1. The quantitative estimate of drug-likeness (QED) is 0.163. The van der Waals surface area contributed by atoms with E-state index in [1.54, 1.807) is 0 Å². The molecule has 0 N–H and O–H groups in total. The van der Waals surface area contributed by atoms with Crippen molar-refractivity contribution in [3.63, 3.8) is 0 Å². The molecule has 2 unspecified atom stereocenters. The van der Waals surface area contributed by atoms with Crippen molar-refractivity contribution >= 4 is 132 Å². The zero-order chi connectivity index (χ0) is 60.6. The van der Waals surface area contributed by atoms with Crippen LogP contribution in [-0.2, 0) is 32.5 Å². The Morgan fingerprint density at radius 2 is 0.841 bits per heavy atom. The molecule has 5 heterocycles. The number of anilines is 8. The number of benzene rings is 9. The summed E-state index contributed by atoms with van der Waals surface area (Å²) in [6.45, 7) is 32.4. The molecule has 440 valence electrons. The molecule has 3 aliphatic heterocycles. The minimum Gasteiger partial charge on any atom is -0.334 e. The van der Waals surface area contributed by atoms with Crippen molar-refractivity contribution in [1.29, 1.82) is 0 Å². The van der Waals surface area contributed by atoms with Gasteiger partial charge < -0.3 is 14.7 Å². The lowest BCUT2D eigenvalue weighted by Gasteiger charge is -2.51. The van der Waals surface area contributed by atoms with Gasteiger partial charge in [-0.2, -0.15) is 0 Å². The zero-order valence-corrected chi connectivity index (χ0v) is 55.6. The first-order valence-corrected chi connectivity index (χ1v) is 34.6. The van der Waals surface area contributed by atoms with E-state index < -0.39 is 0 Å². The molecule has 17 rings (SSSR count). The third-order valence-corrected chi connectivity index (χ3v) is 26.0. The lowest BCUT2D eigenvalue weighted by atomic mass is 9.32. The van der Waals surface area contributed by atoms with Crippen LogP contribution in [-0.4, -0.2) is 12.3 Å². The van der Waals surface area contributed by atoms with Crippen LogP contribution in [0.3, 0.4) is 0 Å². The smallest absolute Gasteiger partial charge is 0.252 e. The van der Waals surface area contributed by atoms with Gasteiger partial charge in [0, 0.05) is 79.9 Å². The third kappa shape index (κ3) is 7.54. The van der Waals surface area contributed by atoms with E-state index >= 15 is 0 Å². The maximum absolute atomic E-state index is 2.89. The molecular weight excluding hydrogens is 1100 g/mol. The monoisotopic (exact) mass is 1180 g/mol. The van der Waals surface area contributed by atoms with E-state index in [4.69, 9.17) is 0 Å². The van der Waals surface area contributed by atoms with Crippen molar-refractivity contribution in [2.75, 3.05) is 14.7 Å². The Morgan fingerprint density at radius 1 is 0.386 bits per heavy atom. The van der Waals surface area contributed by atoms with Crippen LogP contribution in [0.5, 0.6) is 0 Å². The molecule has 0 saturated heterocycles. The molecule has 3 aliphatic carbocycles. The van der Waals surface area contributed by atoms with Crippen molar-refractivity contribution in [3.8, 4) is 11.1 Å². The highest BCUT2D eigenvalue weighted by atomic mass is 32.1. The summed E-state index contributed by atoms with van der Waals surface area (Å²) in [5, 5.41) is 5.33. The van der Waals surface area contributed by atoms with E-state index in [1.165, 1.54) is 160 Å². The van der Waals surface area contributed by atoms with Crippen LogP contribution in [0.4, 0.5) is 45.5 Å². The summed E-state index contributed by atoms with van der Waals surface area (Å²) in [6, 6.07) is 66.1. The summed E-state index contributed by atoms with van der Waals surface area (Å²) in [4.78, 5) is 8.51. The van der Waals surface area contributed by atoms with Crippen LogP contribution in [0.2, 0.25) is 0 Å². The fourth-order valence-corrected chi connectivity index (χ4v) is 20.4. The van der Waals surface area contributed by atoms with Gasteiger partial charge in [0.25, 0.3) is 6.71 Å². The molecule has 6 heteroatoms. The molecule has 0 bridgehead atoms. The number of thiophene rings is 2. The number of hydrogen-bond acceptors (Lipinski definition) is 5. The second-order valence-electron chi connectivity index (χ2n) is 31.7. The van der Waals surface area contributed by atoms with Crippen LogP contribution in [0.15, 0.2) is 164 Å². The summed E-state index contributed by atoms with van der Waals surface area (Å²) in [5.74, 6) is 0. The highest BCUT2D eigenvalue weighted by Crippen LogP contribution is 2.63. The standard InChI is InChI=1S/C82H82BN3S2/c1-76(2,3)51-33-30-49(31-34-51)50-32-35-62-59(42-50)81(12)36-18-19-37-82(81,13)86(62)52-43-67-75-68(44-52)85(64-25-21-29-72-74(64)54-23-15-17-27-70(54)88-72)66-48-58-56(78(6,7)39-41-80(58,10)11)46-61(66)83(75)60-45-55-57(79(8,9)40-38-77(55,4)5)47-65(60)84(67)63-24-20-28-71-73(63)53-22-14-16-26-69(53)87-71/h14-17,20-35,42-48H,18-19,36-41H2,1-13H3. The van der Waals surface area contributed by atoms with Gasteiger partial charge >= 0.3 is 0 Å². The summed E-state index contributed by atoms with van der Waals surface area (Å²) in [5.41, 5.74) is 25.9. The van der Waals surface area contributed by atoms with Crippen molar-refractivity contribution in [2.24, 2.45) is 0 Å². The predicted octanol–water partition coefficient (Wildman–Crippen LogP) is 21.9. The summed E-state index contributed by atoms with van der Waals surface area (Å²) in [6.07, 6.45) is 9.30. The van der Waals surface area contributed by atoms with E-state index in [2.05, 4.69) is 269 Å². The van der Waals surface area contributed by atoms with Crippen LogP contribution in [0.25, 0.3) is 51.5 Å². The summed E-state index contributed by atoms with van der Waals surface area (Å²) >= 11 is 3.87. The number of hydrogen-bond donors (Lipinski definition) is 0. The molecule has 11 aromatic rings. The number of rotatable bonds is 4. The van der Waals surface area contributed by atoms with Crippen molar-refractivity contribution < 1.29 is 0 Å². The minimum atomic E-state index is -0.214. The maximum atomic E-state index is 2.89. The lowest BCUT2D eigenvalue weighted by molar-refractivity contribution is 0.195. The molecule has 2 aromatic heterocycles. The highest BCUT2D eigenvalue weighted by Gasteiger charge is 2.59. The molecule has 3 nitrogen and oxygen atoms in total. The minimum absolute atomic E-state index is 0.00325. The Morgan fingerprint density at radius 3 is 1.34 bits per heavy atom. The second kappa shape index (κ2) is 18.3. The van der Waals surface area contributed by atoms with Crippen LogP contribution < -0.4 is 31.1 Å². The average molecular weight is 1180 g/mol. The zero-order valence-electron chi connectivity index (χ0n) is 54.0. The molecule has 0 radical (unpaired) electrons. The van der Waals surface area contributed by atoms with Crippen molar-refractivity contribution in [1.82, 2.24) is 0 Å². The third-order valence-electron chi connectivity index (χ3n) is 23.7. The molecule has 6 aliphatic rings. The van der Waals surface area contributed by atoms with Gasteiger partial charge in [-0.1, -0.05) is 187 Å². The van der Waals surface area contributed by atoms with Gasteiger partial charge in [-0.25, -0.2) is 0 Å². The lowest BCUT2D eigenvalue weighted by Crippen LogP contribution is -2.62. The predicted molar refractivity (Wildman–Crippen MR) is 384 cm³/mol. The Hall–Kier alpha value is -7.12. The molecule has 1 saturated carbocycles. The van der Waals surface area contributed by atoms with Crippen LogP contribution in [0, 0.1) is 0 Å². The van der Waals surface area contributed by atoms with E-state index in [1.807, 2.05) is 22.7 Å². The first-order valence-electron chi connectivity index (χ1n) is 33.0. The van der Waals surface area contributed by atoms with Gasteiger partial charge in [-0.05, 0) is 206 Å². The normalized spacial score (nSPS) is 21.7. The van der Waals surface area contributed by atoms with Gasteiger partial charge in [-0.15, -0.1) is 22.7 Å². The summed E-state index contributed by atoms with van der Waals surface area (Å²) in [7, 11) is 0. The summed E-state index contributed by atoms with van der Waals surface area (Å²) < 4.78 is 5.32. The Labute approximate surface area is 530 Å². The van der Waals surface area contributed by atoms with Gasteiger partial charge in [0.2, 0.25) is 0 Å². The molecule has 88 heavy (non-hydrogen) atoms. The molecular formula is C82H82BN3S2. The van der Waals surface area contributed by atoms with E-state index in [9.17, 15) is 0 Å². The SMILES string of the molecule is CC(C)(C)c1ccc(-c2ccc3c(c2)C2(C)CCCCC2(C)N3c2cc3c4c(c2)N(c2cccc5sc6ccccc6c25)c2cc5c(cc2B4c2cc4c(cc2N3c2cccc3sc6ccccc6c23)C(C)(C)CCC4(C)C)C(C)(C)CCC5(C)C)cc1. The van der Waals surface area contributed by atoms with Gasteiger partial charge in [-0.3, -0.25) is 0 Å². The first kappa shape index (κ1) is 55.0. The molecule has 0 spiro atoms. The molecule has 9 aromatic carbocycles. The van der Waals surface area contributed by atoms with Gasteiger partial charge in [0.15, 0.2) is 0 Å².